The molecule has 182 valence electrons. The van der Waals surface area contributed by atoms with E-state index in [9.17, 15) is 25.3 Å². The molecular weight excluding hydrogens is 436 g/mol. The van der Waals surface area contributed by atoms with Crippen molar-refractivity contribution in [2.24, 2.45) is 33.7 Å². The highest BCUT2D eigenvalue weighted by molar-refractivity contribution is 5.97. The molecule has 2 N–H and O–H groups in total. The molecule has 4 aliphatic carbocycles. The largest absolute Gasteiger partial charge is 0.393 e. The van der Waals surface area contributed by atoms with E-state index in [-0.39, 0.29) is 34.0 Å². The Bertz CT molecular complexity index is 1100. The summed E-state index contributed by atoms with van der Waals surface area (Å²) in [5.41, 5.74) is 4.72. The van der Waals surface area contributed by atoms with Crippen molar-refractivity contribution in [3.63, 3.8) is 0 Å². The molecule has 0 spiro atoms. The summed E-state index contributed by atoms with van der Waals surface area (Å²) in [6.45, 7) is 4.70. The lowest BCUT2D eigenvalue weighted by Crippen LogP contribution is -2.51. The van der Waals surface area contributed by atoms with E-state index in [0.717, 1.165) is 63.1 Å². The number of aliphatic hydroxyl groups excluding tert-OH is 1. The molecule has 3 saturated carbocycles. The van der Waals surface area contributed by atoms with Gasteiger partial charge in [0.25, 0.3) is 5.69 Å². The minimum absolute atomic E-state index is 0.0728. The van der Waals surface area contributed by atoms with E-state index in [2.05, 4.69) is 30.5 Å². The number of hydrazone groups is 1. The second-order valence-corrected chi connectivity index (χ2v) is 11.1. The molecule has 4 aliphatic rings. The van der Waals surface area contributed by atoms with E-state index in [0.29, 0.717) is 17.8 Å². The third-order valence-electron chi connectivity index (χ3n) is 9.64. The second kappa shape index (κ2) is 8.15. The van der Waals surface area contributed by atoms with Gasteiger partial charge in [-0.15, -0.1) is 0 Å². The van der Waals surface area contributed by atoms with Crippen LogP contribution in [0.3, 0.4) is 0 Å². The molecule has 3 fully saturated rings. The quantitative estimate of drug-likeness (QED) is 0.437. The van der Waals surface area contributed by atoms with Gasteiger partial charge in [-0.05, 0) is 92.1 Å². The zero-order valence-electron chi connectivity index (χ0n) is 19.7. The van der Waals surface area contributed by atoms with E-state index in [4.69, 9.17) is 0 Å². The minimum Gasteiger partial charge on any atom is -0.393 e. The van der Waals surface area contributed by atoms with Crippen LogP contribution in [0.2, 0.25) is 0 Å². The average Bonchev–Trinajstić information content (AvgIpc) is 3.11. The van der Waals surface area contributed by atoms with E-state index in [1.165, 1.54) is 17.7 Å². The molecule has 0 radical (unpaired) electrons. The number of anilines is 1. The molecule has 5 rings (SSSR count). The predicted octanol–water partition coefficient (Wildman–Crippen LogP) is 5.59. The molecule has 6 atom stereocenters. The summed E-state index contributed by atoms with van der Waals surface area (Å²) in [5, 5.41) is 37.5. The number of hydrogen-bond acceptors (Lipinski definition) is 7. The molecule has 4 unspecified atom stereocenters. The van der Waals surface area contributed by atoms with Crippen molar-refractivity contribution in [3.8, 4) is 0 Å². The lowest BCUT2D eigenvalue weighted by atomic mass is 9.47. The summed E-state index contributed by atoms with van der Waals surface area (Å²) in [5.74, 6) is 1.90. The Hall–Kier alpha value is -2.81. The Labute approximate surface area is 198 Å². The van der Waals surface area contributed by atoms with Gasteiger partial charge in [0.1, 0.15) is 5.69 Å². The normalized spacial score (nSPS) is 37.9. The molecule has 0 bridgehead atoms. The Kier molecular flexibility index (Phi) is 5.50. The lowest BCUT2D eigenvalue weighted by molar-refractivity contribution is -0.393. The van der Waals surface area contributed by atoms with Gasteiger partial charge in [-0.3, -0.25) is 25.7 Å². The van der Waals surface area contributed by atoms with E-state index in [1.54, 1.807) is 0 Å². The van der Waals surface area contributed by atoms with Gasteiger partial charge in [0, 0.05) is 6.07 Å². The van der Waals surface area contributed by atoms with Crippen molar-refractivity contribution in [2.75, 3.05) is 5.43 Å². The van der Waals surface area contributed by atoms with Crippen molar-refractivity contribution in [2.45, 2.75) is 71.3 Å². The maximum absolute atomic E-state index is 11.4. The van der Waals surface area contributed by atoms with Crippen LogP contribution >= 0.6 is 0 Å². The van der Waals surface area contributed by atoms with Gasteiger partial charge >= 0.3 is 5.69 Å². The molecule has 0 heterocycles. The smallest absolute Gasteiger partial charge is 0.301 e. The summed E-state index contributed by atoms with van der Waals surface area (Å²) < 4.78 is 0. The zero-order chi connectivity index (χ0) is 24.3. The molecule has 0 amide bonds. The summed E-state index contributed by atoms with van der Waals surface area (Å²) in [6, 6.07) is 3.53. The molecule has 0 aromatic heterocycles. The first-order valence-electron chi connectivity index (χ1n) is 12.3. The summed E-state index contributed by atoms with van der Waals surface area (Å²) in [7, 11) is 0. The number of fused-ring (bicyclic) bond motifs is 5. The van der Waals surface area contributed by atoms with E-state index in [1.807, 2.05) is 0 Å². The van der Waals surface area contributed by atoms with Crippen LogP contribution in [-0.2, 0) is 0 Å². The number of aliphatic hydroxyl groups is 1. The van der Waals surface area contributed by atoms with Gasteiger partial charge in [-0.1, -0.05) is 19.4 Å². The number of hydrogen-bond donors (Lipinski definition) is 2. The third kappa shape index (κ3) is 3.52. The summed E-state index contributed by atoms with van der Waals surface area (Å²) in [6.07, 6.45) is 10.3. The fraction of sp³-hybridized carbons (Fsp3) is 0.640. The number of non-ortho nitro benzene ring substituents is 1. The summed E-state index contributed by atoms with van der Waals surface area (Å²) >= 11 is 0. The van der Waals surface area contributed by atoms with Gasteiger partial charge in [0.15, 0.2) is 0 Å². The molecule has 0 aliphatic heterocycles. The fourth-order valence-corrected chi connectivity index (χ4v) is 7.64. The van der Waals surface area contributed by atoms with Gasteiger partial charge < -0.3 is 5.11 Å². The zero-order valence-corrected chi connectivity index (χ0v) is 19.7. The first-order chi connectivity index (χ1) is 16.1. The van der Waals surface area contributed by atoms with Gasteiger partial charge in [-0.25, -0.2) is 0 Å². The molecule has 9 nitrogen and oxygen atoms in total. The SMILES string of the molecule is C[C@]12CCC3C(CCC4=CC(=NNc5ccc([N+](=O)[O-])cc5[N+](=O)[O-])CC[C@@]43C)C1CCC2O. The van der Waals surface area contributed by atoms with Gasteiger partial charge in [0.2, 0.25) is 0 Å². The number of allylic oxidation sites excluding steroid dienone is 2. The molecule has 34 heavy (non-hydrogen) atoms. The topological polar surface area (TPSA) is 131 Å². The minimum atomic E-state index is -0.647. The standard InChI is InChI=1S/C25H32N4O5/c1-24-11-9-16(26-27-21-7-4-17(28(31)32)14-22(21)29(33)34)13-15(24)3-5-18-19-6-8-23(30)25(19,2)12-10-20(18)24/h4,7,13-14,18-20,23,27,30H,3,5-6,8-12H2,1-2H3/t18?,19?,20?,23?,24-,25-/m0/s1. The number of nitro groups is 2. The molecule has 0 saturated heterocycles. The van der Waals surface area contributed by atoms with Crippen molar-refractivity contribution in [1.82, 2.24) is 0 Å². The number of nitrogens with zero attached hydrogens (tertiary/aromatic N) is 3. The fourth-order valence-electron chi connectivity index (χ4n) is 7.64. The number of benzene rings is 1. The highest BCUT2D eigenvalue weighted by atomic mass is 16.6. The average molecular weight is 469 g/mol. The Morgan fingerprint density at radius 1 is 1.03 bits per heavy atom. The highest BCUT2D eigenvalue weighted by Gasteiger charge is 2.58. The molecule has 9 heteroatoms. The van der Waals surface area contributed by atoms with Crippen LogP contribution in [0.25, 0.3) is 0 Å². The van der Waals surface area contributed by atoms with Crippen molar-refractivity contribution >= 4 is 22.8 Å². The van der Waals surface area contributed by atoms with Crippen LogP contribution in [0.15, 0.2) is 34.9 Å². The summed E-state index contributed by atoms with van der Waals surface area (Å²) in [4.78, 5) is 21.1. The van der Waals surface area contributed by atoms with Crippen LogP contribution in [0.1, 0.15) is 65.2 Å². The van der Waals surface area contributed by atoms with Crippen molar-refractivity contribution in [1.29, 1.82) is 0 Å². The molecule has 1 aromatic rings. The maximum Gasteiger partial charge on any atom is 0.301 e. The highest BCUT2D eigenvalue weighted by Crippen LogP contribution is 2.65. The lowest BCUT2D eigenvalue weighted by Gasteiger charge is -2.57. The van der Waals surface area contributed by atoms with E-state index < -0.39 is 9.85 Å². The second-order valence-electron chi connectivity index (χ2n) is 11.1. The molecule has 1 aromatic carbocycles. The van der Waals surface area contributed by atoms with Crippen molar-refractivity contribution < 1.29 is 15.0 Å². The third-order valence-corrected chi connectivity index (χ3v) is 9.64. The maximum atomic E-state index is 11.4. The van der Waals surface area contributed by atoms with E-state index >= 15 is 0 Å². The monoisotopic (exact) mass is 468 g/mol. The number of nitro benzene ring substituents is 2. The van der Waals surface area contributed by atoms with Crippen LogP contribution in [0.4, 0.5) is 17.1 Å². The van der Waals surface area contributed by atoms with Gasteiger partial charge in [0.05, 0.1) is 27.7 Å². The Balaban J connectivity index is 1.36. The first-order valence-corrected chi connectivity index (χ1v) is 12.3. The van der Waals surface area contributed by atoms with Crippen LogP contribution < -0.4 is 5.43 Å². The van der Waals surface area contributed by atoms with Crippen LogP contribution in [0.5, 0.6) is 0 Å². The molecular formula is C25H32N4O5. The van der Waals surface area contributed by atoms with Crippen molar-refractivity contribution in [3.05, 3.63) is 50.1 Å². The first kappa shape index (κ1) is 23.0. The number of rotatable bonds is 4. The number of nitrogens with one attached hydrogen (secondary N) is 1. The Morgan fingerprint density at radius 2 is 1.82 bits per heavy atom. The Morgan fingerprint density at radius 3 is 2.56 bits per heavy atom. The van der Waals surface area contributed by atoms with Crippen LogP contribution in [0, 0.1) is 48.8 Å². The van der Waals surface area contributed by atoms with Gasteiger partial charge in [-0.2, -0.15) is 5.10 Å². The van der Waals surface area contributed by atoms with Crippen LogP contribution in [-0.4, -0.2) is 26.8 Å². The predicted molar refractivity (Wildman–Crippen MR) is 129 cm³/mol.